The van der Waals surface area contributed by atoms with E-state index in [0.29, 0.717) is 17.2 Å². The van der Waals surface area contributed by atoms with Crippen molar-refractivity contribution >= 4 is 0 Å². The van der Waals surface area contributed by atoms with Gasteiger partial charge >= 0.3 is 0 Å². The second kappa shape index (κ2) is 6.34. The van der Waals surface area contributed by atoms with Crippen LogP contribution >= 0.6 is 0 Å². The molecule has 5 heteroatoms. The fourth-order valence-electron chi connectivity index (χ4n) is 2.16. The van der Waals surface area contributed by atoms with Gasteiger partial charge in [-0.15, -0.1) is 0 Å². The highest BCUT2D eigenvalue weighted by molar-refractivity contribution is 5.49. The maximum Gasteiger partial charge on any atom is 0.141 e. The Labute approximate surface area is 117 Å². The Morgan fingerprint density at radius 1 is 1.10 bits per heavy atom. The number of rotatable bonds is 5. The topological polar surface area (TPSA) is 43.4 Å². The number of benzene rings is 1. The van der Waals surface area contributed by atoms with E-state index in [2.05, 4.69) is 10.3 Å². The molecular formula is C15H17FN2O2. The maximum atomic E-state index is 13.0. The van der Waals surface area contributed by atoms with Crippen LogP contribution in [-0.4, -0.2) is 26.3 Å². The van der Waals surface area contributed by atoms with Gasteiger partial charge in [-0.1, -0.05) is 6.07 Å². The number of nitrogens with zero attached hydrogens (tertiary/aromatic N) is 1. The third-order valence-corrected chi connectivity index (χ3v) is 3.09. The van der Waals surface area contributed by atoms with Crippen molar-refractivity contribution < 1.29 is 13.9 Å². The Morgan fingerprint density at radius 3 is 2.20 bits per heavy atom. The number of nitrogens with one attached hydrogen (secondary N) is 1. The number of aromatic nitrogens is 1. The van der Waals surface area contributed by atoms with E-state index >= 15 is 0 Å². The van der Waals surface area contributed by atoms with E-state index < -0.39 is 0 Å². The lowest BCUT2D eigenvalue weighted by atomic mass is 10.0. The van der Waals surface area contributed by atoms with Gasteiger partial charge in [0.1, 0.15) is 17.3 Å². The molecule has 0 aliphatic rings. The van der Waals surface area contributed by atoms with Crippen LogP contribution in [-0.2, 0) is 0 Å². The molecule has 1 N–H and O–H groups in total. The van der Waals surface area contributed by atoms with Crippen molar-refractivity contribution in [3.63, 3.8) is 0 Å². The normalized spacial score (nSPS) is 12.0. The average molecular weight is 276 g/mol. The van der Waals surface area contributed by atoms with Gasteiger partial charge in [0, 0.05) is 0 Å². The summed E-state index contributed by atoms with van der Waals surface area (Å²) >= 11 is 0. The van der Waals surface area contributed by atoms with Gasteiger partial charge in [0.15, 0.2) is 0 Å². The zero-order chi connectivity index (χ0) is 14.5. The van der Waals surface area contributed by atoms with Crippen LogP contribution in [0.3, 0.4) is 0 Å². The Balaban J connectivity index is 2.53. The highest BCUT2D eigenvalue weighted by Crippen LogP contribution is 2.36. The molecular weight excluding hydrogens is 259 g/mol. The van der Waals surface area contributed by atoms with Gasteiger partial charge in [0.2, 0.25) is 0 Å². The van der Waals surface area contributed by atoms with Crippen LogP contribution in [0, 0.1) is 5.82 Å². The molecule has 1 atom stereocenters. The lowest BCUT2D eigenvalue weighted by molar-refractivity contribution is 0.378. The zero-order valence-electron chi connectivity index (χ0n) is 11.7. The first-order valence-corrected chi connectivity index (χ1v) is 6.20. The molecule has 4 nitrogen and oxygen atoms in total. The van der Waals surface area contributed by atoms with E-state index in [1.165, 1.54) is 12.3 Å². The summed E-state index contributed by atoms with van der Waals surface area (Å²) in [5, 5.41) is 3.16. The third-order valence-electron chi connectivity index (χ3n) is 3.09. The molecule has 0 radical (unpaired) electrons. The lowest BCUT2D eigenvalue weighted by Crippen LogP contribution is -2.20. The molecule has 20 heavy (non-hydrogen) atoms. The molecule has 0 spiro atoms. The maximum absolute atomic E-state index is 13.0. The molecule has 106 valence electrons. The van der Waals surface area contributed by atoms with Gasteiger partial charge in [-0.3, -0.25) is 4.98 Å². The number of methoxy groups -OCH3 is 2. The fraction of sp³-hybridized carbons (Fsp3) is 0.267. The van der Waals surface area contributed by atoms with Gasteiger partial charge in [0.25, 0.3) is 0 Å². The summed E-state index contributed by atoms with van der Waals surface area (Å²) in [7, 11) is 5.01. The molecule has 0 aliphatic carbocycles. The minimum Gasteiger partial charge on any atom is -0.496 e. The standard InChI is InChI=1S/C15H17FN2O2/c1-17-15(11-8-7-10(16)9-18-11)14-12(19-2)5-4-6-13(14)20-3/h4-9,15,17H,1-3H3. The Hall–Kier alpha value is -2.14. The first-order valence-electron chi connectivity index (χ1n) is 6.20. The SMILES string of the molecule is CNC(c1ccc(F)cn1)c1c(OC)cccc1OC. The number of pyridine rings is 1. The van der Waals surface area contributed by atoms with Crippen molar-refractivity contribution in [2.45, 2.75) is 6.04 Å². The van der Waals surface area contributed by atoms with Gasteiger partial charge in [0.05, 0.1) is 37.7 Å². The average Bonchev–Trinajstić information content (AvgIpc) is 2.49. The molecule has 1 aromatic heterocycles. The van der Waals surface area contributed by atoms with Crippen LogP contribution in [0.4, 0.5) is 4.39 Å². The summed E-state index contributed by atoms with van der Waals surface area (Å²) in [5.41, 5.74) is 1.52. The Bertz CT molecular complexity index is 550. The summed E-state index contributed by atoms with van der Waals surface area (Å²) in [4.78, 5) is 4.13. The molecule has 0 amide bonds. The van der Waals surface area contributed by atoms with Crippen LogP contribution in [0.5, 0.6) is 11.5 Å². The van der Waals surface area contributed by atoms with Crippen LogP contribution < -0.4 is 14.8 Å². The molecule has 0 saturated heterocycles. The smallest absolute Gasteiger partial charge is 0.141 e. The Morgan fingerprint density at radius 2 is 1.75 bits per heavy atom. The summed E-state index contributed by atoms with van der Waals surface area (Å²) in [5.74, 6) is 1.01. The van der Waals surface area contributed by atoms with Crippen molar-refractivity contribution in [3.05, 3.63) is 53.6 Å². The molecule has 1 unspecified atom stereocenters. The first-order chi connectivity index (χ1) is 9.71. The number of hydrogen-bond donors (Lipinski definition) is 1. The second-order valence-electron chi connectivity index (χ2n) is 4.20. The van der Waals surface area contributed by atoms with Crippen molar-refractivity contribution in [1.82, 2.24) is 10.3 Å². The molecule has 0 bridgehead atoms. The fourth-order valence-corrected chi connectivity index (χ4v) is 2.16. The largest absolute Gasteiger partial charge is 0.496 e. The predicted molar refractivity (Wildman–Crippen MR) is 74.6 cm³/mol. The summed E-state index contributed by atoms with van der Waals surface area (Å²) in [6.07, 6.45) is 1.20. The minimum absolute atomic E-state index is 0.248. The first kappa shape index (κ1) is 14.3. The quantitative estimate of drug-likeness (QED) is 0.911. The van der Waals surface area contributed by atoms with E-state index in [0.717, 1.165) is 5.56 Å². The molecule has 1 aromatic carbocycles. The number of halogens is 1. The van der Waals surface area contributed by atoms with E-state index in [1.54, 1.807) is 20.3 Å². The second-order valence-corrected chi connectivity index (χ2v) is 4.20. The number of hydrogen-bond acceptors (Lipinski definition) is 4. The van der Waals surface area contributed by atoms with Gasteiger partial charge in [-0.25, -0.2) is 4.39 Å². The molecule has 0 saturated carbocycles. The van der Waals surface area contributed by atoms with E-state index in [9.17, 15) is 4.39 Å². The van der Waals surface area contributed by atoms with Gasteiger partial charge in [-0.05, 0) is 31.3 Å². The van der Waals surface area contributed by atoms with Crippen LogP contribution in [0.15, 0.2) is 36.5 Å². The van der Waals surface area contributed by atoms with Crippen molar-refractivity contribution in [2.75, 3.05) is 21.3 Å². The Kier molecular flexibility index (Phi) is 4.53. The van der Waals surface area contributed by atoms with Crippen LogP contribution in [0.25, 0.3) is 0 Å². The van der Waals surface area contributed by atoms with Crippen LogP contribution in [0.1, 0.15) is 17.3 Å². The summed E-state index contributed by atoms with van der Waals surface area (Å²) in [6.45, 7) is 0. The monoisotopic (exact) mass is 276 g/mol. The highest BCUT2D eigenvalue weighted by atomic mass is 19.1. The van der Waals surface area contributed by atoms with Crippen LogP contribution in [0.2, 0.25) is 0 Å². The highest BCUT2D eigenvalue weighted by Gasteiger charge is 2.22. The minimum atomic E-state index is -0.365. The van der Waals surface area contributed by atoms with Gasteiger partial charge < -0.3 is 14.8 Å². The summed E-state index contributed by atoms with van der Waals surface area (Å²) < 4.78 is 23.8. The third kappa shape index (κ3) is 2.72. The van der Waals surface area contributed by atoms with Crippen molar-refractivity contribution in [3.8, 4) is 11.5 Å². The zero-order valence-corrected chi connectivity index (χ0v) is 11.7. The van der Waals surface area contributed by atoms with E-state index in [1.807, 2.05) is 25.2 Å². The molecule has 2 rings (SSSR count). The van der Waals surface area contributed by atoms with E-state index in [-0.39, 0.29) is 11.9 Å². The van der Waals surface area contributed by atoms with Crippen molar-refractivity contribution in [2.24, 2.45) is 0 Å². The van der Waals surface area contributed by atoms with Gasteiger partial charge in [-0.2, -0.15) is 0 Å². The molecule has 1 heterocycles. The number of ether oxygens (including phenoxy) is 2. The molecule has 0 aliphatic heterocycles. The summed E-state index contributed by atoms with van der Waals surface area (Å²) in [6, 6.07) is 8.34. The predicted octanol–water partition coefficient (Wildman–Crippen LogP) is 2.55. The van der Waals surface area contributed by atoms with E-state index in [4.69, 9.17) is 9.47 Å². The molecule has 0 fully saturated rings. The lowest BCUT2D eigenvalue weighted by Gasteiger charge is -2.21. The van der Waals surface area contributed by atoms with Crippen molar-refractivity contribution in [1.29, 1.82) is 0 Å². The molecule has 2 aromatic rings.